The molecule has 3 aromatic carbocycles. The van der Waals surface area contributed by atoms with Crippen LogP contribution in [0.5, 0.6) is 11.5 Å². The second kappa shape index (κ2) is 8.78. The fraction of sp³-hybridized carbons (Fsp3) is 0.192. The summed E-state index contributed by atoms with van der Waals surface area (Å²) in [5.41, 5.74) is 1.48. The van der Waals surface area contributed by atoms with Crippen molar-refractivity contribution < 1.29 is 23.9 Å². The molecule has 0 fully saturated rings. The molecule has 0 aromatic heterocycles. The molecule has 0 spiro atoms. The van der Waals surface area contributed by atoms with E-state index in [1.54, 1.807) is 30.3 Å². The zero-order chi connectivity index (χ0) is 22.8. The van der Waals surface area contributed by atoms with Crippen LogP contribution < -0.4 is 14.8 Å². The van der Waals surface area contributed by atoms with Crippen molar-refractivity contribution in [3.63, 3.8) is 0 Å². The van der Waals surface area contributed by atoms with E-state index in [1.807, 2.05) is 48.5 Å². The normalized spacial score (nSPS) is 17.5. The molecular formula is C26H22N2O5. The van der Waals surface area contributed by atoms with Gasteiger partial charge in [-0.2, -0.15) is 0 Å². The van der Waals surface area contributed by atoms with Crippen LogP contribution in [0.2, 0.25) is 0 Å². The van der Waals surface area contributed by atoms with Crippen molar-refractivity contribution in [1.82, 2.24) is 10.2 Å². The van der Waals surface area contributed by atoms with Gasteiger partial charge in [-0.3, -0.25) is 19.3 Å². The quantitative estimate of drug-likeness (QED) is 0.594. The van der Waals surface area contributed by atoms with Gasteiger partial charge in [0.15, 0.2) is 11.5 Å². The van der Waals surface area contributed by atoms with Crippen LogP contribution in [0.3, 0.4) is 0 Å². The Morgan fingerprint density at radius 1 is 0.879 bits per heavy atom. The number of hydrogen-bond acceptors (Lipinski definition) is 5. The van der Waals surface area contributed by atoms with Gasteiger partial charge in [0.05, 0.1) is 17.7 Å². The van der Waals surface area contributed by atoms with Crippen molar-refractivity contribution in [2.75, 3.05) is 13.2 Å². The summed E-state index contributed by atoms with van der Waals surface area (Å²) in [6.07, 6.45) is -0.174. The molecule has 0 saturated carbocycles. The van der Waals surface area contributed by atoms with E-state index in [-0.39, 0.29) is 25.7 Å². The van der Waals surface area contributed by atoms with Gasteiger partial charge in [0, 0.05) is 6.42 Å². The van der Waals surface area contributed by atoms with E-state index in [2.05, 4.69) is 5.32 Å². The fourth-order valence-electron chi connectivity index (χ4n) is 4.13. The highest BCUT2D eigenvalue weighted by molar-refractivity contribution is 6.22. The molecular weight excluding hydrogens is 420 g/mol. The average Bonchev–Trinajstić information content (AvgIpc) is 3.11. The lowest BCUT2D eigenvalue weighted by Crippen LogP contribution is -2.52. The maximum Gasteiger partial charge on any atom is 0.262 e. The lowest BCUT2D eigenvalue weighted by molar-refractivity contribution is -0.125. The van der Waals surface area contributed by atoms with Crippen LogP contribution in [-0.4, -0.2) is 47.9 Å². The van der Waals surface area contributed by atoms with Crippen LogP contribution in [0, 0.1) is 0 Å². The molecule has 2 aliphatic heterocycles. The number of hydrogen-bond donors (Lipinski definition) is 1. The molecule has 3 aromatic rings. The summed E-state index contributed by atoms with van der Waals surface area (Å²) >= 11 is 0. The Labute approximate surface area is 190 Å². The highest BCUT2D eigenvalue weighted by Crippen LogP contribution is 2.31. The molecule has 2 atom stereocenters. The molecule has 2 heterocycles. The Kier molecular flexibility index (Phi) is 5.52. The first kappa shape index (κ1) is 20.8. The van der Waals surface area contributed by atoms with Gasteiger partial charge in [0.2, 0.25) is 5.91 Å². The maximum atomic E-state index is 13.3. The van der Waals surface area contributed by atoms with E-state index in [9.17, 15) is 14.4 Å². The van der Waals surface area contributed by atoms with Crippen molar-refractivity contribution in [3.05, 3.63) is 95.6 Å². The number of nitrogens with zero attached hydrogens (tertiary/aromatic N) is 1. The third-order valence-corrected chi connectivity index (χ3v) is 5.78. The van der Waals surface area contributed by atoms with Gasteiger partial charge in [0.1, 0.15) is 18.8 Å². The molecule has 3 amide bonds. The van der Waals surface area contributed by atoms with Gasteiger partial charge in [-0.05, 0) is 29.8 Å². The van der Waals surface area contributed by atoms with E-state index >= 15 is 0 Å². The average molecular weight is 442 g/mol. The SMILES string of the molecule is O=C(NC[C@@H]1COc2ccccc2O1)[C@H](Cc1ccccc1)N1C(=O)c2ccccc2C1=O. The Bertz CT molecular complexity index is 1180. The second-order valence-electron chi connectivity index (χ2n) is 7.97. The minimum Gasteiger partial charge on any atom is -0.486 e. The summed E-state index contributed by atoms with van der Waals surface area (Å²) in [6, 6.07) is 22.3. The number of benzene rings is 3. The lowest BCUT2D eigenvalue weighted by Gasteiger charge is -2.29. The molecule has 7 nitrogen and oxygen atoms in total. The number of imide groups is 1. The summed E-state index contributed by atoms with van der Waals surface area (Å²) in [5.74, 6) is -0.0660. The van der Waals surface area contributed by atoms with Crippen molar-refractivity contribution in [1.29, 1.82) is 0 Å². The van der Waals surface area contributed by atoms with Gasteiger partial charge in [-0.25, -0.2) is 0 Å². The first-order valence-electron chi connectivity index (χ1n) is 10.8. The van der Waals surface area contributed by atoms with Crippen molar-refractivity contribution in [2.24, 2.45) is 0 Å². The molecule has 0 bridgehead atoms. The van der Waals surface area contributed by atoms with Crippen LogP contribution in [0.1, 0.15) is 26.3 Å². The first-order chi connectivity index (χ1) is 16.1. The molecule has 7 heteroatoms. The third-order valence-electron chi connectivity index (χ3n) is 5.78. The Hall–Kier alpha value is -4.13. The maximum absolute atomic E-state index is 13.3. The zero-order valence-electron chi connectivity index (χ0n) is 17.8. The van der Waals surface area contributed by atoms with E-state index in [0.717, 1.165) is 10.5 Å². The number of para-hydroxylation sites is 2. The summed E-state index contributed by atoms with van der Waals surface area (Å²) in [6.45, 7) is 0.468. The van der Waals surface area contributed by atoms with Gasteiger partial charge in [0.25, 0.3) is 11.8 Å². The first-order valence-corrected chi connectivity index (χ1v) is 10.8. The van der Waals surface area contributed by atoms with Gasteiger partial charge in [-0.1, -0.05) is 54.6 Å². The summed E-state index contributed by atoms with van der Waals surface area (Å²) in [5, 5.41) is 2.86. The van der Waals surface area contributed by atoms with Gasteiger partial charge in [-0.15, -0.1) is 0 Å². The Balaban J connectivity index is 1.34. The van der Waals surface area contributed by atoms with Gasteiger partial charge < -0.3 is 14.8 Å². The monoisotopic (exact) mass is 442 g/mol. The number of fused-ring (bicyclic) bond motifs is 2. The highest BCUT2D eigenvalue weighted by atomic mass is 16.6. The highest BCUT2D eigenvalue weighted by Gasteiger charge is 2.42. The minimum absolute atomic E-state index is 0.182. The van der Waals surface area contributed by atoms with Crippen molar-refractivity contribution in [3.8, 4) is 11.5 Å². The molecule has 2 aliphatic rings. The number of carbonyl (C=O) groups excluding carboxylic acids is 3. The Morgan fingerprint density at radius 3 is 2.18 bits per heavy atom. The number of ether oxygens (including phenoxy) is 2. The van der Waals surface area contributed by atoms with Crippen LogP contribution in [0.15, 0.2) is 78.9 Å². The zero-order valence-corrected chi connectivity index (χ0v) is 17.8. The van der Waals surface area contributed by atoms with E-state index in [1.165, 1.54) is 0 Å². The molecule has 0 aliphatic carbocycles. The number of rotatable bonds is 6. The van der Waals surface area contributed by atoms with E-state index < -0.39 is 23.8 Å². The second-order valence-corrected chi connectivity index (χ2v) is 7.97. The molecule has 0 unspecified atom stereocenters. The van der Waals surface area contributed by atoms with Gasteiger partial charge >= 0.3 is 0 Å². The van der Waals surface area contributed by atoms with E-state index in [4.69, 9.17) is 9.47 Å². The number of nitrogens with one attached hydrogen (secondary N) is 1. The molecule has 1 N–H and O–H groups in total. The van der Waals surface area contributed by atoms with Crippen molar-refractivity contribution in [2.45, 2.75) is 18.6 Å². The fourth-order valence-corrected chi connectivity index (χ4v) is 4.13. The molecule has 5 rings (SSSR count). The third kappa shape index (κ3) is 4.05. The predicted octanol–water partition coefficient (Wildman–Crippen LogP) is 2.85. The minimum atomic E-state index is -0.989. The number of carbonyl (C=O) groups is 3. The topological polar surface area (TPSA) is 84.9 Å². The Morgan fingerprint density at radius 2 is 1.48 bits per heavy atom. The molecule has 166 valence electrons. The van der Waals surface area contributed by atoms with Crippen LogP contribution >= 0.6 is 0 Å². The lowest BCUT2D eigenvalue weighted by atomic mass is 10.0. The van der Waals surface area contributed by atoms with Crippen LogP contribution in [0.4, 0.5) is 0 Å². The standard InChI is InChI=1S/C26H22N2O5/c29-24(27-15-18-16-32-22-12-6-7-13-23(22)33-18)21(14-17-8-2-1-3-9-17)28-25(30)19-10-4-5-11-20(19)26(28)31/h1-13,18,21H,14-16H2,(H,27,29)/t18-,21+/m1/s1. The van der Waals surface area contributed by atoms with Crippen LogP contribution in [-0.2, 0) is 11.2 Å². The molecule has 0 saturated heterocycles. The molecule has 33 heavy (non-hydrogen) atoms. The summed E-state index contributed by atoms with van der Waals surface area (Å²) in [4.78, 5) is 40.5. The smallest absolute Gasteiger partial charge is 0.262 e. The van der Waals surface area contributed by atoms with E-state index in [0.29, 0.717) is 22.6 Å². The molecule has 0 radical (unpaired) electrons. The summed E-state index contributed by atoms with van der Waals surface area (Å²) in [7, 11) is 0. The number of amides is 3. The largest absolute Gasteiger partial charge is 0.486 e. The predicted molar refractivity (Wildman–Crippen MR) is 120 cm³/mol. The summed E-state index contributed by atoms with van der Waals surface area (Å²) < 4.78 is 11.6. The van der Waals surface area contributed by atoms with Crippen molar-refractivity contribution >= 4 is 17.7 Å². The van der Waals surface area contributed by atoms with Crippen LogP contribution in [0.25, 0.3) is 0 Å².